The summed E-state index contributed by atoms with van der Waals surface area (Å²) in [5.41, 5.74) is -0.836. The number of amides is 1. The first-order valence-corrected chi connectivity index (χ1v) is 18.4. The molecule has 3 fully saturated rings. The van der Waals surface area contributed by atoms with Crippen molar-refractivity contribution in [3.05, 3.63) is 47.7 Å². The lowest BCUT2D eigenvalue weighted by Crippen LogP contribution is -2.57. The molecule has 3 saturated heterocycles. The number of aromatic nitrogens is 3. The molecule has 0 N–H and O–H groups in total. The third-order valence-corrected chi connectivity index (χ3v) is 10.6. The number of piperazine rings is 1. The van der Waals surface area contributed by atoms with Crippen LogP contribution in [0.2, 0.25) is 0 Å². The Morgan fingerprint density at radius 3 is 2.63 bits per heavy atom. The number of fused-ring (bicyclic) bond motifs is 3. The van der Waals surface area contributed by atoms with E-state index < -0.39 is 47.8 Å². The molecule has 11 nitrogen and oxygen atoms in total. The van der Waals surface area contributed by atoms with E-state index in [1.165, 1.54) is 24.3 Å². The maximum Gasteiger partial charge on any atom is 0.410 e. The fourth-order valence-electron chi connectivity index (χ4n) is 8.13. The van der Waals surface area contributed by atoms with Gasteiger partial charge in [0.25, 0.3) is 0 Å². The minimum atomic E-state index is -0.983. The highest BCUT2D eigenvalue weighted by atomic mass is 19.1. The van der Waals surface area contributed by atoms with Crippen LogP contribution in [0.1, 0.15) is 52.5 Å². The summed E-state index contributed by atoms with van der Waals surface area (Å²) in [6.45, 7) is 7.64. The molecule has 0 aliphatic carbocycles. The number of halogens is 4. The Hall–Kier alpha value is -4.50. The molecule has 0 spiro atoms. The van der Waals surface area contributed by atoms with E-state index in [0.29, 0.717) is 47.0 Å². The number of aryl methyl sites for hydroxylation is 1. The molecular weight excluding hydrogens is 708 g/mol. The van der Waals surface area contributed by atoms with Gasteiger partial charge >= 0.3 is 12.1 Å². The van der Waals surface area contributed by atoms with Crippen molar-refractivity contribution in [1.82, 2.24) is 24.8 Å². The smallest absolute Gasteiger partial charge is 0.410 e. The van der Waals surface area contributed by atoms with Crippen molar-refractivity contribution in [2.45, 2.75) is 76.7 Å². The average molecular weight is 755 g/mol. The fraction of sp³-hybridized carbons (Fsp3) is 0.538. The molecule has 3 aliphatic heterocycles. The van der Waals surface area contributed by atoms with Crippen LogP contribution in [0.4, 0.5) is 28.2 Å². The summed E-state index contributed by atoms with van der Waals surface area (Å²) in [5.74, 6) is -0.635. The van der Waals surface area contributed by atoms with Gasteiger partial charge < -0.3 is 23.8 Å². The molecule has 1 unspecified atom stereocenters. The van der Waals surface area contributed by atoms with Crippen molar-refractivity contribution in [2.75, 3.05) is 64.8 Å². The van der Waals surface area contributed by atoms with Crippen molar-refractivity contribution in [1.29, 1.82) is 0 Å². The molecule has 2 aromatic carbocycles. The van der Waals surface area contributed by atoms with Crippen LogP contribution in [0.5, 0.6) is 11.8 Å². The highest BCUT2D eigenvalue weighted by molar-refractivity contribution is 6.02. The molecule has 1 amide bonds. The van der Waals surface area contributed by atoms with Gasteiger partial charge in [-0.05, 0) is 81.1 Å². The summed E-state index contributed by atoms with van der Waals surface area (Å²) in [7, 11) is 1.48. The second-order valence-electron chi connectivity index (χ2n) is 15.3. The van der Waals surface area contributed by atoms with Crippen molar-refractivity contribution in [3.63, 3.8) is 0 Å². The maximum absolute atomic E-state index is 17.2. The Morgan fingerprint density at radius 1 is 1.07 bits per heavy atom. The van der Waals surface area contributed by atoms with E-state index in [-0.39, 0.29) is 61.5 Å². The summed E-state index contributed by atoms with van der Waals surface area (Å²) < 4.78 is 84.3. The van der Waals surface area contributed by atoms with Crippen LogP contribution in [-0.4, -0.2) is 114 Å². The quantitative estimate of drug-likeness (QED) is 0.124. The van der Waals surface area contributed by atoms with E-state index >= 15 is 8.78 Å². The molecule has 3 aliphatic rings. The molecule has 2 aromatic heterocycles. The van der Waals surface area contributed by atoms with Crippen LogP contribution in [-0.2, 0) is 15.9 Å². The third-order valence-electron chi connectivity index (χ3n) is 10.6. The molecule has 7 rings (SSSR count). The molecule has 4 aromatic rings. The van der Waals surface area contributed by atoms with Crippen molar-refractivity contribution in [3.8, 4) is 23.0 Å². The SMILES string of the molecule is CCc1c(F)ccc2cc(OCOC)cc(-c3ncc4c(N5CCN(C(=O)OC(C)(C)C)C(CF)C5)nc(OC[C@@]56CCCN5C[C@H](F)C6)nc4c3F)c12. The number of hydrogen-bond acceptors (Lipinski definition) is 10. The largest absolute Gasteiger partial charge is 0.468 e. The van der Waals surface area contributed by atoms with Crippen LogP contribution >= 0.6 is 0 Å². The number of methoxy groups -OCH3 is 1. The predicted molar refractivity (Wildman–Crippen MR) is 196 cm³/mol. The van der Waals surface area contributed by atoms with Gasteiger partial charge in [-0.2, -0.15) is 9.97 Å². The van der Waals surface area contributed by atoms with Crippen molar-refractivity contribution >= 4 is 33.6 Å². The van der Waals surface area contributed by atoms with Gasteiger partial charge in [-0.1, -0.05) is 13.0 Å². The number of carbonyl (C=O) groups is 1. The Balaban J connectivity index is 1.34. The van der Waals surface area contributed by atoms with E-state index in [1.54, 1.807) is 43.9 Å². The summed E-state index contributed by atoms with van der Waals surface area (Å²) in [4.78, 5) is 32.1. The molecule has 0 saturated carbocycles. The molecule has 290 valence electrons. The summed E-state index contributed by atoms with van der Waals surface area (Å²) in [6.07, 6.45) is 2.11. The Morgan fingerprint density at radius 2 is 1.89 bits per heavy atom. The van der Waals surface area contributed by atoms with Crippen LogP contribution in [0.25, 0.3) is 32.9 Å². The highest BCUT2D eigenvalue weighted by Gasteiger charge is 2.49. The molecule has 5 heterocycles. The van der Waals surface area contributed by atoms with Gasteiger partial charge in [0.05, 0.1) is 17.0 Å². The molecule has 3 atom stereocenters. The number of nitrogens with zero attached hydrogens (tertiary/aromatic N) is 6. The lowest BCUT2D eigenvalue weighted by Gasteiger charge is -2.41. The van der Waals surface area contributed by atoms with Gasteiger partial charge in [0, 0.05) is 51.5 Å². The first-order chi connectivity index (χ1) is 25.8. The van der Waals surface area contributed by atoms with Gasteiger partial charge in [-0.15, -0.1) is 0 Å². The molecule has 0 bridgehead atoms. The zero-order chi connectivity index (χ0) is 38.4. The zero-order valence-corrected chi connectivity index (χ0v) is 31.3. The lowest BCUT2D eigenvalue weighted by molar-refractivity contribution is 0.0113. The van der Waals surface area contributed by atoms with Crippen LogP contribution in [0.15, 0.2) is 30.5 Å². The van der Waals surface area contributed by atoms with Crippen molar-refractivity contribution in [2.24, 2.45) is 0 Å². The van der Waals surface area contributed by atoms with E-state index in [0.717, 1.165) is 19.4 Å². The van der Waals surface area contributed by atoms with E-state index in [2.05, 4.69) is 14.9 Å². The number of hydrogen-bond donors (Lipinski definition) is 0. The first-order valence-electron chi connectivity index (χ1n) is 18.4. The Labute approximate surface area is 311 Å². The van der Waals surface area contributed by atoms with Gasteiger partial charge in [0.15, 0.2) is 12.6 Å². The second kappa shape index (κ2) is 15.0. The summed E-state index contributed by atoms with van der Waals surface area (Å²) >= 11 is 0. The van der Waals surface area contributed by atoms with Gasteiger partial charge in [-0.3, -0.25) is 14.8 Å². The zero-order valence-electron chi connectivity index (χ0n) is 31.3. The van der Waals surface area contributed by atoms with E-state index in [1.807, 2.05) is 6.92 Å². The molecular formula is C39H46F4N6O5. The first kappa shape index (κ1) is 37.8. The third kappa shape index (κ3) is 7.19. The normalized spacial score (nSPS) is 21.9. The molecule has 15 heteroatoms. The minimum Gasteiger partial charge on any atom is -0.468 e. The predicted octanol–water partition coefficient (Wildman–Crippen LogP) is 7.02. The van der Waals surface area contributed by atoms with Gasteiger partial charge in [0.1, 0.15) is 53.6 Å². The number of pyridine rings is 1. The number of carbonyl (C=O) groups excluding carboxylic acids is 1. The monoisotopic (exact) mass is 754 g/mol. The number of alkyl halides is 2. The lowest BCUT2D eigenvalue weighted by atomic mass is 9.94. The Kier molecular flexibility index (Phi) is 10.5. The van der Waals surface area contributed by atoms with Crippen LogP contribution in [0.3, 0.4) is 0 Å². The fourth-order valence-corrected chi connectivity index (χ4v) is 8.13. The average Bonchev–Trinajstić information content (AvgIpc) is 3.67. The summed E-state index contributed by atoms with van der Waals surface area (Å²) in [6, 6.07) is 5.29. The van der Waals surface area contributed by atoms with Crippen LogP contribution in [0, 0.1) is 11.6 Å². The van der Waals surface area contributed by atoms with E-state index in [9.17, 15) is 13.6 Å². The van der Waals surface area contributed by atoms with Gasteiger partial charge in [-0.25, -0.2) is 22.4 Å². The minimum absolute atomic E-state index is 0.0224. The number of anilines is 1. The summed E-state index contributed by atoms with van der Waals surface area (Å²) in [5, 5.41) is 1.33. The maximum atomic E-state index is 17.2. The Bertz CT molecular complexity index is 2050. The van der Waals surface area contributed by atoms with Crippen molar-refractivity contribution < 1.29 is 41.3 Å². The topological polar surface area (TPSA) is 102 Å². The number of ether oxygens (including phenoxy) is 4. The van der Waals surface area contributed by atoms with Gasteiger partial charge in [0.2, 0.25) is 0 Å². The van der Waals surface area contributed by atoms with Crippen LogP contribution < -0.4 is 14.4 Å². The number of benzene rings is 2. The second-order valence-corrected chi connectivity index (χ2v) is 15.3. The molecule has 0 radical (unpaired) electrons. The highest BCUT2D eigenvalue weighted by Crippen LogP contribution is 2.42. The molecule has 54 heavy (non-hydrogen) atoms. The number of rotatable bonds is 10. The standard InChI is InChI=1S/C39H46F4N6O5/c1-6-27-30(42)9-8-23-14-26(53-22-51-5)15-28(31(23)27)33-32(43)34-29(18-44-33)35(47-12-13-49(25(17-40)20-47)37(50)54-38(2,3)4)46-36(45-34)52-21-39-10-7-11-48(39)19-24(41)16-39/h8-9,14-15,18,24-25H,6-7,10-13,16-17,19-22H2,1-5H3/t24-,25?,39+/m1/s1. The van der Waals surface area contributed by atoms with E-state index in [4.69, 9.17) is 23.9 Å².